The number of aromatic nitrogens is 2. The Morgan fingerprint density at radius 2 is 1.94 bits per heavy atom. The van der Waals surface area contributed by atoms with Crippen LogP contribution in [0.25, 0.3) is 0 Å². The van der Waals surface area contributed by atoms with E-state index in [0.29, 0.717) is 37.7 Å². The minimum Gasteiger partial charge on any atom is -0.378 e. The van der Waals surface area contributed by atoms with Crippen LogP contribution in [-0.4, -0.2) is 65.6 Å². The van der Waals surface area contributed by atoms with Crippen LogP contribution in [0.1, 0.15) is 42.1 Å². The summed E-state index contributed by atoms with van der Waals surface area (Å²) in [7, 11) is 0. The first-order valence-corrected chi connectivity index (χ1v) is 11.0. The van der Waals surface area contributed by atoms with Crippen molar-refractivity contribution >= 4 is 23.5 Å². The highest BCUT2D eigenvalue weighted by Crippen LogP contribution is 2.49. The standard InChI is InChI=1S/C23H27N5O3/c1-2-5-19-23(17-6-3-4-7-18(17)26-21(23)30)8-9-28(19)20(29)16-14-24-22(25-15-16)27-10-12-31-13-11-27/h3-4,6-7,14-15,19H,2,5,8-13H2,1H3,(H,26,30)/t19-,23+/m0/s1. The van der Waals surface area contributed by atoms with Crippen LogP contribution in [0, 0.1) is 0 Å². The number of fused-ring (bicyclic) bond motifs is 2. The fourth-order valence-electron chi connectivity index (χ4n) is 5.24. The molecule has 0 unspecified atom stereocenters. The molecule has 2 aromatic rings. The summed E-state index contributed by atoms with van der Waals surface area (Å²) in [6, 6.07) is 7.66. The quantitative estimate of drug-likeness (QED) is 0.815. The number of rotatable bonds is 4. The molecule has 2 amide bonds. The van der Waals surface area contributed by atoms with Crippen LogP contribution in [0.3, 0.4) is 0 Å². The van der Waals surface area contributed by atoms with E-state index in [1.54, 1.807) is 12.4 Å². The summed E-state index contributed by atoms with van der Waals surface area (Å²) in [6.07, 6.45) is 5.49. The number of hydrogen-bond acceptors (Lipinski definition) is 6. The lowest BCUT2D eigenvalue weighted by atomic mass is 9.73. The first-order chi connectivity index (χ1) is 15.1. The highest BCUT2D eigenvalue weighted by molar-refractivity contribution is 6.08. The molecule has 0 radical (unpaired) electrons. The van der Waals surface area contributed by atoms with Crippen LogP contribution < -0.4 is 10.2 Å². The number of anilines is 2. The molecule has 162 valence electrons. The van der Waals surface area contributed by atoms with E-state index >= 15 is 0 Å². The monoisotopic (exact) mass is 421 g/mol. The number of carbonyl (C=O) groups is 2. The summed E-state index contributed by atoms with van der Waals surface area (Å²) in [6.45, 7) is 5.43. The maximum atomic E-state index is 13.5. The van der Waals surface area contributed by atoms with Crippen molar-refractivity contribution in [2.24, 2.45) is 0 Å². The van der Waals surface area contributed by atoms with Gasteiger partial charge in [-0.2, -0.15) is 0 Å². The number of ether oxygens (including phenoxy) is 1. The molecular formula is C23H27N5O3. The van der Waals surface area contributed by atoms with Crippen molar-refractivity contribution in [3.8, 4) is 0 Å². The topological polar surface area (TPSA) is 87.7 Å². The van der Waals surface area contributed by atoms with E-state index < -0.39 is 5.41 Å². The second-order valence-electron chi connectivity index (χ2n) is 8.40. The Bertz CT molecular complexity index is 989. The SMILES string of the molecule is CCC[C@@H]1N(C(=O)c2cnc(N3CCOCC3)nc2)CC[C@]12C(=O)Nc1ccccc12. The van der Waals surface area contributed by atoms with E-state index in [4.69, 9.17) is 4.74 Å². The van der Waals surface area contributed by atoms with Gasteiger partial charge in [0.2, 0.25) is 11.9 Å². The molecule has 5 rings (SSSR count). The largest absolute Gasteiger partial charge is 0.378 e. The second kappa shape index (κ2) is 7.92. The summed E-state index contributed by atoms with van der Waals surface area (Å²) in [4.78, 5) is 39.4. The molecule has 31 heavy (non-hydrogen) atoms. The average molecular weight is 422 g/mol. The van der Waals surface area contributed by atoms with E-state index in [-0.39, 0.29) is 17.9 Å². The van der Waals surface area contributed by atoms with Gasteiger partial charge in [-0.1, -0.05) is 31.5 Å². The normalized spacial score (nSPS) is 25.1. The summed E-state index contributed by atoms with van der Waals surface area (Å²) < 4.78 is 5.37. The number of benzene rings is 1. The summed E-state index contributed by atoms with van der Waals surface area (Å²) >= 11 is 0. The van der Waals surface area contributed by atoms with Gasteiger partial charge in [-0.25, -0.2) is 9.97 Å². The lowest BCUT2D eigenvalue weighted by Crippen LogP contribution is -2.48. The van der Waals surface area contributed by atoms with Crippen molar-refractivity contribution in [2.75, 3.05) is 43.1 Å². The Kier molecular flexibility index (Phi) is 5.09. The van der Waals surface area contributed by atoms with Gasteiger partial charge in [0.25, 0.3) is 5.91 Å². The van der Waals surface area contributed by atoms with Gasteiger partial charge in [0.15, 0.2) is 0 Å². The van der Waals surface area contributed by atoms with Gasteiger partial charge in [0.1, 0.15) is 0 Å². The van der Waals surface area contributed by atoms with Gasteiger partial charge < -0.3 is 19.9 Å². The highest BCUT2D eigenvalue weighted by Gasteiger charge is 2.58. The number of carbonyl (C=O) groups excluding carboxylic acids is 2. The van der Waals surface area contributed by atoms with Crippen molar-refractivity contribution in [3.05, 3.63) is 47.8 Å². The fourth-order valence-corrected chi connectivity index (χ4v) is 5.24. The summed E-state index contributed by atoms with van der Waals surface area (Å²) in [5, 5.41) is 3.04. The molecule has 0 saturated carbocycles. The molecule has 2 fully saturated rings. The Labute approximate surface area is 181 Å². The molecule has 1 aromatic carbocycles. The van der Waals surface area contributed by atoms with E-state index in [2.05, 4.69) is 27.1 Å². The van der Waals surface area contributed by atoms with Gasteiger partial charge >= 0.3 is 0 Å². The van der Waals surface area contributed by atoms with Crippen molar-refractivity contribution in [2.45, 2.75) is 37.6 Å². The van der Waals surface area contributed by atoms with E-state index in [1.165, 1.54) is 0 Å². The molecule has 2 atom stereocenters. The van der Waals surface area contributed by atoms with E-state index in [9.17, 15) is 9.59 Å². The van der Waals surface area contributed by atoms with Crippen molar-refractivity contribution in [3.63, 3.8) is 0 Å². The van der Waals surface area contributed by atoms with Gasteiger partial charge in [-0.15, -0.1) is 0 Å². The number of nitrogens with zero attached hydrogens (tertiary/aromatic N) is 4. The second-order valence-corrected chi connectivity index (χ2v) is 8.40. The Morgan fingerprint density at radius 1 is 1.19 bits per heavy atom. The van der Waals surface area contributed by atoms with Crippen molar-refractivity contribution in [1.29, 1.82) is 0 Å². The zero-order valence-corrected chi connectivity index (χ0v) is 17.7. The Balaban J connectivity index is 1.42. The molecule has 8 nitrogen and oxygen atoms in total. The first-order valence-electron chi connectivity index (χ1n) is 11.0. The van der Waals surface area contributed by atoms with Gasteiger partial charge in [0, 0.05) is 37.7 Å². The lowest BCUT2D eigenvalue weighted by molar-refractivity contribution is -0.121. The molecule has 1 N–H and O–H groups in total. The molecule has 2 saturated heterocycles. The predicted molar refractivity (Wildman–Crippen MR) is 116 cm³/mol. The van der Waals surface area contributed by atoms with E-state index in [0.717, 1.165) is 37.2 Å². The molecule has 4 heterocycles. The number of para-hydroxylation sites is 1. The highest BCUT2D eigenvalue weighted by atomic mass is 16.5. The Hall–Kier alpha value is -3.00. The number of amides is 2. The zero-order chi connectivity index (χ0) is 21.4. The molecular weight excluding hydrogens is 394 g/mol. The number of hydrogen-bond donors (Lipinski definition) is 1. The molecule has 3 aliphatic heterocycles. The fraction of sp³-hybridized carbons (Fsp3) is 0.478. The molecule has 3 aliphatic rings. The Morgan fingerprint density at radius 3 is 2.68 bits per heavy atom. The molecule has 0 bridgehead atoms. The van der Waals surface area contributed by atoms with Crippen LogP contribution in [0.4, 0.5) is 11.6 Å². The maximum Gasteiger partial charge on any atom is 0.257 e. The van der Waals surface area contributed by atoms with Gasteiger partial charge in [0.05, 0.1) is 30.2 Å². The molecule has 1 aromatic heterocycles. The summed E-state index contributed by atoms with van der Waals surface area (Å²) in [5.74, 6) is 0.509. The molecule has 1 spiro atoms. The zero-order valence-electron chi connectivity index (χ0n) is 17.7. The first kappa shape index (κ1) is 19.9. The minimum absolute atomic E-state index is 0.00126. The van der Waals surface area contributed by atoms with Crippen LogP contribution in [0.15, 0.2) is 36.7 Å². The number of likely N-dealkylation sites (tertiary alicyclic amines) is 1. The molecule has 8 heteroatoms. The predicted octanol–water partition coefficient (Wildman–Crippen LogP) is 2.22. The maximum absolute atomic E-state index is 13.5. The number of morpholine rings is 1. The van der Waals surface area contributed by atoms with Gasteiger partial charge in [-0.3, -0.25) is 9.59 Å². The summed E-state index contributed by atoms with van der Waals surface area (Å²) in [5.41, 5.74) is 1.65. The average Bonchev–Trinajstić information content (AvgIpc) is 3.33. The van der Waals surface area contributed by atoms with E-state index in [1.807, 2.05) is 29.2 Å². The van der Waals surface area contributed by atoms with Crippen LogP contribution in [0.5, 0.6) is 0 Å². The molecule has 0 aliphatic carbocycles. The third kappa shape index (κ3) is 3.17. The van der Waals surface area contributed by atoms with Crippen LogP contribution >= 0.6 is 0 Å². The van der Waals surface area contributed by atoms with Crippen molar-refractivity contribution < 1.29 is 14.3 Å². The van der Waals surface area contributed by atoms with Gasteiger partial charge in [-0.05, 0) is 24.5 Å². The lowest BCUT2D eigenvalue weighted by Gasteiger charge is -2.34. The van der Waals surface area contributed by atoms with Crippen LogP contribution in [0.2, 0.25) is 0 Å². The third-order valence-corrected chi connectivity index (χ3v) is 6.76. The van der Waals surface area contributed by atoms with Crippen LogP contribution in [-0.2, 0) is 14.9 Å². The minimum atomic E-state index is -0.684. The number of nitrogens with one attached hydrogen (secondary N) is 1. The van der Waals surface area contributed by atoms with Crippen molar-refractivity contribution in [1.82, 2.24) is 14.9 Å². The smallest absolute Gasteiger partial charge is 0.257 e. The third-order valence-electron chi connectivity index (χ3n) is 6.76.